The van der Waals surface area contributed by atoms with Crippen LogP contribution in [0.2, 0.25) is 0 Å². The maximum atomic E-state index is 10.2. The molecule has 0 heterocycles. The Kier molecular flexibility index (Phi) is 5.17. The molecule has 1 aromatic rings. The van der Waals surface area contributed by atoms with Crippen molar-refractivity contribution in [3.05, 3.63) is 29.8 Å². The first-order valence-electron chi connectivity index (χ1n) is 6.32. The van der Waals surface area contributed by atoms with E-state index in [4.69, 9.17) is 4.74 Å². The lowest BCUT2D eigenvalue weighted by Crippen LogP contribution is -2.32. The molecule has 0 saturated carbocycles. The predicted molar refractivity (Wildman–Crippen MR) is 74.9 cm³/mol. The molecule has 0 aliphatic heterocycles. The highest BCUT2D eigenvalue weighted by atomic mass is 16.5. The molecular formula is C15H25NO2. The molecule has 0 aromatic heterocycles. The number of aliphatic hydroxyl groups excluding tert-OH is 1. The van der Waals surface area contributed by atoms with Gasteiger partial charge in [0.15, 0.2) is 0 Å². The van der Waals surface area contributed by atoms with E-state index in [0.717, 1.165) is 17.9 Å². The first-order chi connectivity index (χ1) is 8.31. The number of ether oxygens (including phenoxy) is 1. The minimum atomic E-state index is -0.455. The zero-order valence-electron chi connectivity index (χ0n) is 12.1. The van der Waals surface area contributed by atoms with Crippen molar-refractivity contribution in [2.24, 2.45) is 5.41 Å². The molecule has 0 aliphatic carbocycles. The Bertz CT molecular complexity index is 354. The summed E-state index contributed by atoms with van der Waals surface area (Å²) in [5.41, 5.74) is 1.17. The second kappa shape index (κ2) is 6.21. The van der Waals surface area contributed by atoms with E-state index in [1.807, 2.05) is 31.3 Å². The van der Waals surface area contributed by atoms with Crippen molar-refractivity contribution in [1.82, 2.24) is 4.90 Å². The van der Waals surface area contributed by atoms with Gasteiger partial charge in [-0.25, -0.2) is 0 Å². The van der Waals surface area contributed by atoms with Crippen molar-refractivity contribution < 1.29 is 9.84 Å². The number of benzene rings is 1. The molecule has 1 N–H and O–H groups in total. The topological polar surface area (TPSA) is 32.7 Å². The zero-order chi connectivity index (χ0) is 13.8. The summed E-state index contributed by atoms with van der Waals surface area (Å²) in [5.74, 6) is 0.814. The average Bonchev–Trinajstić information content (AvgIpc) is 2.26. The van der Waals surface area contributed by atoms with E-state index in [1.54, 1.807) is 7.11 Å². The summed E-state index contributed by atoms with van der Waals surface area (Å²) < 4.78 is 5.10. The van der Waals surface area contributed by atoms with Crippen molar-refractivity contribution in [3.63, 3.8) is 0 Å². The maximum absolute atomic E-state index is 10.2. The highest BCUT2D eigenvalue weighted by Gasteiger charge is 2.16. The molecule has 1 atom stereocenters. The quantitative estimate of drug-likeness (QED) is 0.873. The van der Waals surface area contributed by atoms with Gasteiger partial charge in [-0.2, -0.15) is 0 Å². The third kappa shape index (κ3) is 5.07. The molecule has 1 unspecified atom stereocenters. The molecule has 0 radical (unpaired) electrons. The normalized spacial score (nSPS) is 13.7. The number of likely N-dealkylation sites (N-methyl/N-ethyl adjacent to an activating group) is 1. The second-order valence-electron chi connectivity index (χ2n) is 6.05. The van der Waals surface area contributed by atoms with Crippen molar-refractivity contribution in [1.29, 1.82) is 0 Å². The Labute approximate surface area is 110 Å². The number of methoxy groups -OCH3 is 1. The van der Waals surface area contributed by atoms with E-state index in [0.29, 0.717) is 6.54 Å². The largest absolute Gasteiger partial charge is 0.497 e. The minimum absolute atomic E-state index is 0.244. The third-order valence-electron chi connectivity index (χ3n) is 2.73. The number of aliphatic hydroxyl groups is 1. The summed E-state index contributed by atoms with van der Waals surface area (Å²) in [4.78, 5) is 2.16. The Hall–Kier alpha value is -1.06. The van der Waals surface area contributed by atoms with E-state index in [9.17, 15) is 5.11 Å². The van der Waals surface area contributed by atoms with Gasteiger partial charge < -0.3 is 14.7 Å². The fraction of sp³-hybridized carbons (Fsp3) is 0.600. The van der Waals surface area contributed by atoms with Crippen molar-refractivity contribution in [2.75, 3.05) is 27.2 Å². The maximum Gasteiger partial charge on any atom is 0.118 e. The molecule has 0 fully saturated rings. The molecule has 3 heteroatoms. The van der Waals surface area contributed by atoms with Crippen LogP contribution < -0.4 is 4.74 Å². The van der Waals surface area contributed by atoms with Gasteiger partial charge in [0.2, 0.25) is 0 Å². The molecule has 0 bridgehead atoms. The van der Waals surface area contributed by atoms with Gasteiger partial charge in [0.25, 0.3) is 0 Å². The second-order valence-corrected chi connectivity index (χ2v) is 6.05. The van der Waals surface area contributed by atoms with Gasteiger partial charge in [-0.15, -0.1) is 0 Å². The smallest absolute Gasteiger partial charge is 0.118 e. The van der Waals surface area contributed by atoms with Gasteiger partial charge in [-0.05, 0) is 30.2 Å². The highest BCUT2D eigenvalue weighted by molar-refractivity contribution is 5.28. The van der Waals surface area contributed by atoms with Gasteiger partial charge in [-0.3, -0.25) is 0 Å². The van der Waals surface area contributed by atoms with Gasteiger partial charge >= 0.3 is 0 Å². The molecule has 102 valence electrons. The van der Waals surface area contributed by atoms with Crippen LogP contribution in [-0.2, 0) is 0 Å². The van der Waals surface area contributed by atoms with Crippen LogP contribution >= 0.6 is 0 Å². The van der Waals surface area contributed by atoms with Crippen LogP contribution in [0.5, 0.6) is 5.75 Å². The molecule has 0 amide bonds. The van der Waals surface area contributed by atoms with E-state index in [2.05, 4.69) is 25.7 Å². The van der Waals surface area contributed by atoms with Gasteiger partial charge in [-0.1, -0.05) is 32.9 Å². The summed E-state index contributed by atoms with van der Waals surface area (Å²) in [5, 5.41) is 10.2. The molecule has 18 heavy (non-hydrogen) atoms. The fourth-order valence-electron chi connectivity index (χ4n) is 2.10. The number of rotatable bonds is 5. The number of nitrogens with zero attached hydrogens (tertiary/aromatic N) is 1. The minimum Gasteiger partial charge on any atom is -0.497 e. The van der Waals surface area contributed by atoms with Crippen LogP contribution in [0.1, 0.15) is 32.4 Å². The first-order valence-corrected chi connectivity index (χ1v) is 6.32. The molecule has 1 rings (SSSR count). The van der Waals surface area contributed by atoms with Gasteiger partial charge in [0.05, 0.1) is 13.2 Å². The van der Waals surface area contributed by atoms with Crippen molar-refractivity contribution in [3.8, 4) is 5.75 Å². The van der Waals surface area contributed by atoms with Crippen LogP contribution in [0.15, 0.2) is 24.3 Å². The Morgan fingerprint density at radius 3 is 2.22 bits per heavy atom. The van der Waals surface area contributed by atoms with Gasteiger partial charge in [0, 0.05) is 13.1 Å². The Morgan fingerprint density at radius 1 is 1.22 bits per heavy atom. The van der Waals surface area contributed by atoms with E-state index < -0.39 is 6.10 Å². The average molecular weight is 251 g/mol. The van der Waals surface area contributed by atoms with Crippen LogP contribution in [0, 0.1) is 5.41 Å². The third-order valence-corrected chi connectivity index (χ3v) is 2.73. The highest BCUT2D eigenvalue weighted by Crippen LogP contribution is 2.20. The van der Waals surface area contributed by atoms with E-state index >= 15 is 0 Å². The van der Waals surface area contributed by atoms with E-state index in [-0.39, 0.29) is 5.41 Å². The van der Waals surface area contributed by atoms with Gasteiger partial charge in [0.1, 0.15) is 5.75 Å². The van der Waals surface area contributed by atoms with Crippen molar-refractivity contribution >= 4 is 0 Å². The summed E-state index contributed by atoms with van der Waals surface area (Å²) in [6.45, 7) is 8.19. The Morgan fingerprint density at radius 2 is 1.78 bits per heavy atom. The van der Waals surface area contributed by atoms with Crippen LogP contribution in [0.3, 0.4) is 0 Å². The van der Waals surface area contributed by atoms with Crippen LogP contribution in [0.4, 0.5) is 0 Å². The van der Waals surface area contributed by atoms with Crippen molar-refractivity contribution in [2.45, 2.75) is 26.9 Å². The molecule has 0 saturated heterocycles. The SMILES string of the molecule is COc1ccc(C(O)CN(C)CC(C)(C)C)cc1. The fourth-order valence-corrected chi connectivity index (χ4v) is 2.10. The standard InChI is InChI=1S/C15H25NO2/c1-15(2,3)11-16(4)10-14(17)12-6-8-13(18-5)9-7-12/h6-9,14,17H,10-11H2,1-5H3. The zero-order valence-corrected chi connectivity index (χ0v) is 12.1. The van der Waals surface area contributed by atoms with Crippen LogP contribution in [-0.4, -0.2) is 37.3 Å². The number of hydrogen-bond acceptors (Lipinski definition) is 3. The first kappa shape index (κ1) is 15.0. The predicted octanol–water partition coefficient (Wildman–Crippen LogP) is 2.71. The van der Waals surface area contributed by atoms with E-state index in [1.165, 1.54) is 0 Å². The molecule has 0 spiro atoms. The lowest BCUT2D eigenvalue weighted by molar-refractivity contribution is 0.108. The molecular weight excluding hydrogens is 226 g/mol. The lowest BCUT2D eigenvalue weighted by Gasteiger charge is -2.28. The molecule has 1 aromatic carbocycles. The number of hydrogen-bond donors (Lipinski definition) is 1. The Balaban J connectivity index is 2.56. The summed E-state index contributed by atoms with van der Waals surface area (Å²) in [6, 6.07) is 7.58. The summed E-state index contributed by atoms with van der Waals surface area (Å²) in [7, 11) is 3.68. The monoisotopic (exact) mass is 251 g/mol. The molecule has 0 aliphatic rings. The summed E-state index contributed by atoms with van der Waals surface area (Å²) in [6.07, 6.45) is -0.455. The lowest BCUT2D eigenvalue weighted by atomic mass is 9.96. The van der Waals surface area contributed by atoms with Crippen LogP contribution in [0.25, 0.3) is 0 Å². The molecule has 3 nitrogen and oxygen atoms in total. The summed E-state index contributed by atoms with van der Waals surface area (Å²) >= 11 is 0.